The fourth-order valence-electron chi connectivity index (χ4n) is 3.01. The van der Waals surface area contributed by atoms with Gasteiger partial charge >= 0.3 is 0 Å². The molecule has 0 saturated heterocycles. The van der Waals surface area contributed by atoms with Crippen LogP contribution in [0.15, 0.2) is 89.5 Å². The monoisotopic (exact) mass is 410 g/mol. The molecule has 3 aromatic carbocycles. The summed E-state index contributed by atoms with van der Waals surface area (Å²) in [6, 6.07) is 26.7. The summed E-state index contributed by atoms with van der Waals surface area (Å²) in [6.45, 7) is 0.698. The maximum absolute atomic E-state index is 6.53. The molecule has 0 bridgehead atoms. The molecular formula is C21H16BrClN2. The van der Waals surface area contributed by atoms with Gasteiger partial charge in [0.1, 0.15) is 0 Å². The van der Waals surface area contributed by atoms with Crippen LogP contribution >= 0.6 is 27.5 Å². The average molecular weight is 412 g/mol. The van der Waals surface area contributed by atoms with Crippen molar-refractivity contribution in [2.24, 2.45) is 0 Å². The van der Waals surface area contributed by atoms with Gasteiger partial charge in [-0.1, -0.05) is 76.1 Å². The van der Waals surface area contributed by atoms with Crippen molar-refractivity contribution in [2.45, 2.75) is 6.54 Å². The fourth-order valence-corrected chi connectivity index (χ4v) is 3.65. The van der Waals surface area contributed by atoms with E-state index in [2.05, 4.69) is 80.3 Å². The molecule has 1 aromatic heterocycles. The van der Waals surface area contributed by atoms with Crippen LogP contribution in [0.5, 0.6) is 0 Å². The minimum atomic E-state index is 0.698. The summed E-state index contributed by atoms with van der Waals surface area (Å²) in [6.07, 6.45) is 2.09. The Morgan fingerprint density at radius 1 is 0.840 bits per heavy atom. The number of aromatic nitrogens is 1. The number of nitrogens with zero attached hydrogens (tertiary/aromatic N) is 2. The first kappa shape index (κ1) is 16.2. The zero-order valence-electron chi connectivity index (χ0n) is 13.4. The van der Waals surface area contributed by atoms with Crippen LogP contribution in [0, 0.1) is 0 Å². The van der Waals surface area contributed by atoms with Crippen molar-refractivity contribution in [3.8, 4) is 0 Å². The van der Waals surface area contributed by atoms with E-state index in [1.54, 1.807) is 0 Å². The first-order valence-electron chi connectivity index (χ1n) is 8.06. The van der Waals surface area contributed by atoms with Crippen molar-refractivity contribution >= 4 is 44.1 Å². The summed E-state index contributed by atoms with van der Waals surface area (Å²) in [5.74, 6) is 0. The second-order valence-electron chi connectivity index (χ2n) is 5.82. The summed E-state index contributed by atoms with van der Waals surface area (Å²) in [4.78, 5) is 0. The van der Waals surface area contributed by atoms with E-state index in [-0.39, 0.29) is 0 Å². The summed E-state index contributed by atoms with van der Waals surface area (Å²) >= 11 is 10.2. The summed E-state index contributed by atoms with van der Waals surface area (Å²) < 4.78 is 3.25. The molecule has 0 aliphatic carbocycles. The number of hydrogen-bond acceptors (Lipinski definition) is 1. The molecular weight excluding hydrogens is 396 g/mol. The quantitative estimate of drug-likeness (QED) is 0.371. The van der Waals surface area contributed by atoms with Gasteiger partial charge in [-0.05, 0) is 35.9 Å². The van der Waals surface area contributed by atoms with E-state index in [1.165, 1.54) is 10.9 Å². The van der Waals surface area contributed by atoms with Gasteiger partial charge in [0.15, 0.2) is 0 Å². The van der Waals surface area contributed by atoms with Gasteiger partial charge in [-0.2, -0.15) is 0 Å². The molecule has 0 amide bonds. The molecule has 1 heterocycles. The number of hydrogen-bond donors (Lipinski definition) is 0. The standard InChI is InChI=1S/C21H16BrClN2/c22-18-9-3-1-8-17(18)15-25(21-12-6-4-10-19(21)23)24-14-13-16-7-2-5-11-20(16)24/h1-14H,15H2. The molecule has 0 radical (unpaired) electrons. The summed E-state index contributed by atoms with van der Waals surface area (Å²) in [7, 11) is 0. The topological polar surface area (TPSA) is 8.17 Å². The maximum atomic E-state index is 6.53. The van der Waals surface area contributed by atoms with Gasteiger partial charge in [0.05, 0.1) is 22.8 Å². The van der Waals surface area contributed by atoms with Crippen LogP contribution in [-0.2, 0) is 6.54 Å². The predicted octanol–water partition coefficient (Wildman–Crippen LogP) is 6.53. The van der Waals surface area contributed by atoms with Crippen molar-refractivity contribution in [1.82, 2.24) is 4.68 Å². The first-order chi connectivity index (χ1) is 12.2. The predicted molar refractivity (Wildman–Crippen MR) is 109 cm³/mol. The number of para-hydroxylation sites is 2. The summed E-state index contributed by atoms with van der Waals surface area (Å²) in [5.41, 5.74) is 3.32. The Kier molecular flexibility index (Phi) is 4.51. The Hall–Kier alpha value is -2.23. The number of halogens is 2. The molecule has 4 aromatic rings. The third kappa shape index (κ3) is 3.17. The molecule has 0 saturated carbocycles. The number of rotatable bonds is 4. The maximum Gasteiger partial charge on any atom is 0.0768 e. The highest BCUT2D eigenvalue weighted by Crippen LogP contribution is 2.30. The molecule has 0 unspecified atom stereocenters. The zero-order chi connectivity index (χ0) is 17.2. The smallest absolute Gasteiger partial charge is 0.0768 e. The van der Waals surface area contributed by atoms with Crippen molar-refractivity contribution in [3.63, 3.8) is 0 Å². The Bertz CT molecular complexity index is 1030. The molecule has 124 valence electrons. The van der Waals surface area contributed by atoms with Crippen LogP contribution in [0.3, 0.4) is 0 Å². The highest BCUT2D eigenvalue weighted by Gasteiger charge is 2.15. The second kappa shape index (κ2) is 6.95. The van der Waals surface area contributed by atoms with E-state index in [4.69, 9.17) is 11.6 Å². The molecule has 0 atom stereocenters. The minimum Gasteiger partial charge on any atom is -0.275 e. The molecule has 0 aliphatic rings. The van der Waals surface area contributed by atoms with Crippen molar-refractivity contribution in [2.75, 3.05) is 5.01 Å². The molecule has 4 rings (SSSR count). The molecule has 2 nitrogen and oxygen atoms in total. The number of benzene rings is 3. The Balaban J connectivity index is 1.87. The van der Waals surface area contributed by atoms with Gasteiger partial charge in [0.2, 0.25) is 0 Å². The molecule has 25 heavy (non-hydrogen) atoms. The highest BCUT2D eigenvalue weighted by atomic mass is 79.9. The Morgan fingerprint density at radius 3 is 2.40 bits per heavy atom. The lowest BCUT2D eigenvalue weighted by Crippen LogP contribution is -2.28. The normalized spacial score (nSPS) is 11.0. The molecule has 4 heteroatoms. The first-order valence-corrected chi connectivity index (χ1v) is 9.23. The number of fused-ring (bicyclic) bond motifs is 1. The van der Waals surface area contributed by atoms with Gasteiger partial charge in [-0.3, -0.25) is 9.69 Å². The van der Waals surface area contributed by atoms with Gasteiger partial charge in [0.25, 0.3) is 0 Å². The van der Waals surface area contributed by atoms with Crippen LogP contribution in [0.1, 0.15) is 5.56 Å². The van der Waals surface area contributed by atoms with E-state index in [0.29, 0.717) is 6.54 Å². The lowest BCUT2D eigenvalue weighted by Gasteiger charge is -2.28. The van der Waals surface area contributed by atoms with Crippen LogP contribution < -0.4 is 5.01 Å². The summed E-state index contributed by atoms with van der Waals surface area (Å²) in [5, 5.41) is 4.13. The van der Waals surface area contributed by atoms with Crippen LogP contribution in [-0.4, -0.2) is 4.68 Å². The zero-order valence-corrected chi connectivity index (χ0v) is 15.8. The molecule has 0 fully saturated rings. The van der Waals surface area contributed by atoms with E-state index >= 15 is 0 Å². The third-order valence-electron chi connectivity index (χ3n) is 4.25. The largest absolute Gasteiger partial charge is 0.275 e. The van der Waals surface area contributed by atoms with E-state index in [0.717, 1.165) is 20.7 Å². The Morgan fingerprint density at radius 2 is 1.56 bits per heavy atom. The highest BCUT2D eigenvalue weighted by molar-refractivity contribution is 9.10. The minimum absolute atomic E-state index is 0.698. The van der Waals surface area contributed by atoms with Crippen LogP contribution in [0.25, 0.3) is 10.9 Å². The van der Waals surface area contributed by atoms with Crippen molar-refractivity contribution in [1.29, 1.82) is 0 Å². The van der Waals surface area contributed by atoms with E-state index < -0.39 is 0 Å². The van der Waals surface area contributed by atoms with Crippen molar-refractivity contribution < 1.29 is 0 Å². The number of anilines is 1. The Labute approximate surface area is 160 Å². The lowest BCUT2D eigenvalue weighted by atomic mass is 10.2. The van der Waals surface area contributed by atoms with E-state index in [9.17, 15) is 0 Å². The van der Waals surface area contributed by atoms with E-state index in [1.807, 2.05) is 30.3 Å². The van der Waals surface area contributed by atoms with Gasteiger partial charge in [0, 0.05) is 16.1 Å². The third-order valence-corrected chi connectivity index (χ3v) is 5.34. The average Bonchev–Trinajstić information content (AvgIpc) is 3.06. The van der Waals surface area contributed by atoms with Crippen LogP contribution in [0.4, 0.5) is 5.69 Å². The fraction of sp³-hybridized carbons (Fsp3) is 0.0476. The molecule has 0 aliphatic heterocycles. The van der Waals surface area contributed by atoms with Crippen LogP contribution in [0.2, 0.25) is 5.02 Å². The van der Waals surface area contributed by atoms with Gasteiger partial charge in [-0.15, -0.1) is 0 Å². The van der Waals surface area contributed by atoms with Gasteiger partial charge in [-0.25, -0.2) is 0 Å². The van der Waals surface area contributed by atoms with Gasteiger partial charge < -0.3 is 0 Å². The lowest BCUT2D eigenvalue weighted by molar-refractivity contribution is 0.712. The SMILES string of the molecule is Clc1ccccc1N(Cc1ccccc1Br)n1ccc2ccccc21. The molecule has 0 N–H and O–H groups in total. The van der Waals surface area contributed by atoms with Crippen molar-refractivity contribution in [3.05, 3.63) is 100 Å². The molecule has 0 spiro atoms. The second-order valence-corrected chi connectivity index (χ2v) is 7.08.